The minimum absolute atomic E-state index is 0.419. The molecule has 0 bridgehead atoms. The molecule has 0 atom stereocenters. The van der Waals surface area contributed by atoms with Gasteiger partial charge < -0.3 is 10.5 Å². The molecule has 0 spiro atoms. The fourth-order valence-electron chi connectivity index (χ4n) is 2.35. The number of rotatable bonds is 5. The normalized spacial score (nSPS) is 10.4. The molecule has 0 aliphatic heterocycles. The van der Waals surface area contributed by atoms with Gasteiger partial charge in [0, 0.05) is 5.56 Å². The van der Waals surface area contributed by atoms with Gasteiger partial charge in [-0.1, -0.05) is 43.4 Å². The predicted molar refractivity (Wildman–Crippen MR) is 92.0 cm³/mol. The van der Waals surface area contributed by atoms with Crippen molar-refractivity contribution in [3.8, 4) is 5.75 Å². The van der Waals surface area contributed by atoms with Crippen molar-refractivity contribution in [2.45, 2.75) is 33.8 Å². The van der Waals surface area contributed by atoms with Gasteiger partial charge in [-0.25, -0.2) is 0 Å². The fraction of sp³-hybridized carbons (Fsp3) is 0.278. The molecule has 0 heterocycles. The van der Waals surface area contributed by atoms with Crippen LogP contribution in [0.15, 0.2) is 36.4 Å². The van der Waals surface area contributed by atoms with Crippen molar-refractivity contribution < 1.29 is 4.74 Å². The van der Waals surface area contributed by atoms with E-state index in [1.165, 1.54) is 11.1 Å². The largest absolute Gasteiger partial charge is 0.488 e. The molecule has 0 radical (unpaired) electrons. The Morgan fingerprint density at radius 2 is 1.57 bits per heavy atom. The third-order valence-electron chi connectivity index (χ3n) is 3.56. The van der Waals surface area contributed by atoms with Crippen LogP contribution in [0.5, 0.6) is 5.75 Å². The Bertz CT molecular complexity index is 624. The third kappa shape index (κ3) is 3.82. The van der Waals surface area contributed by atoms with Gasteiger partial charge in [0.15, 0.2) is 0 Å². The van der Waals surface area contributed by atoms with E-state index in [4.69, 9.17) is 22.7 Å². The first-order chi connectivity index (χ1) is 10.0. The van der Waals surface area contributed by atoms with Gasteiger partial charge in [0.2, 0.25) is 0 Å². The van der Waals surface area contributed by atoms with Crippen molar-refractivity contribution in [2.75, 3.05) is 0 Å². The van der Waals surface area contributed by atoms with E-state index < -0.39 is 0 Å². The summed E-state index contributed by atoms with van der Waals surface area (Å²) in [6.45, 7) is 6.76. The van der Waals surface area contributed by atoms with Crippen molar-refractivity contribution in [3.63, 3.8) is 0 Å². The minimum atomic E-state index is 0.419. The summed E-state index contributed by atoms with van der Waals surface area (Å²) < 4.78 is 5.98. The predicted octanol–water partition coefficient (Wildman–Crippen LogP) is 4.08. The lowest BCUT2D eigenvalue weighted by Crippen LogP contribution is -2.10. The Labute approximate surface area is 131 Å². The van der Waals surface area contributed by atoms with Crippen molar-refractivity contribution >= 4 is 17.2 Å². The molecule has 0 saturated heterocycles. The maximum absolute atomic E-state index is 5.98. The van der Waals surface area contributed by atoms with E-state index in [0.29, 0.717) is 11.6 Å². The molecule has 110 valence electrons. The molecular formula is C18H21NOS. The lowest BCUT2D eigenvalue weighted by Gasteiger charge is -2.14. The Balaban J connectivity index is 2.14. The van der Waals surface area contributed by atoms with Crippen LogP contribution in [0.3, 0.4) is 0 Å². The Kier molecular flexibility index (Phi) is 4.97. The molecule has 0 amide bonds. The van der Waals surface area contributed by atoms with E-state index >= 15 is 0 Å². The van der Waals surface area contributed by atoms with Crippen LogP contribution in [0, 0.1) is 13.8 Å². The summed E-state index contributed by atoms with van der Waals surface area (Å²) in [7, 11) is 0. The van der Waals surface area contributed by atoms with Crippen molar-refractivity contribution in [3.05, 3.63) is 64.2 Å². The van der Waals surface area contributed by atoms with Crippen molar-refractivity contribution in [1.82, 2.24) is 0 Å². The maximum Gasteiger partial charge on any atom is 0.125 e. The second-order valence-electron chi connectivity index (χ2n) is 5.26. The standard InChI is InChI=1S/C18H21NOS/c1-4-14-5-7-15(8-6-14)11-20-17-12(2)9-16(18(19)21)10-13(17)3/h5-10H,4,11H2,1-3H3,(H2,19,21). The van der Waals surface area contributed by atoms with Gasteiger partial charge in [0.1, 0.15) is 17.3 Å². The van der Waals surface area contributed by atoms with Gasteiger partial charge in [-0.3, -0.25) is 0 Å². The molecule has 0 saturated carbocycles. The third-order valence-corrected chi connectivity index (χ3v) is 3.79. The molecule has 2 aromatic carbocycles. The summed E-state index contributed by atoms with van der Waals surface area (Å²) in [6, 6.07) is 12.5. The van der Waals surface area contributed by atoms with Crippen LogP contribution in [0.1, 0.15) is 34.7 Å². The van der Waals surface area contributed by atoms with Crippen LogP contribution >= 0.6 is 12.2 Å². The summed E-state index contributed by atoms with van der Waals surface area (Å²) in [5.41, 5.74) is 11.2. The Morgan fingerprint density at radius 1 is 1.05 bits per heavy atom. The first-order valence-electron chi connectivity index (χ1n) is 7.13. The second kappa shape index (κ2) is 6.72. The average molecular weight is 299 g/mol. The van der Waals surface area contributed by atoms with Gasteiger partial charge in [-0.05, 0) is 54.7 Å². The number of nitrogens with two attached hydrogens (primary N) is 1. The van der Waals surface area contributed by atoms with Gasteiger partial charge >= 0.3 is 0 Å². The molecule has 2 rings (SSSR count). The number of ether oxygens (including phenoxy) is 1. The highest BCUT2D eigenvalue weighted by Crippen LogP contribution is 2.25. The fourth-order valence-corrected chi connectivity index (χ4v) is 2.46. The quantitative estimate of drug-likeness (QED) is 0.845. The van der Waals surface area contributed by atoms with Crippen LogP contribution in [-0.4, -0.2) is 4.99 Å². The number of aryl methyl sites for hydroxylation is 3. The van der Waals surface area contributed by atoms with E-state index in [-0.39, 0.29) is 0 Å². The lowest BCUT2D eigenvalue weighted by molar-refractivity contribution is 0.302. The Morgan fingerprint density at radius 3 is 2.05 bits per heavy atom. The molecule has 21 heavy (non-hydrogen) atoms. The number of hydrogen-bond acceptors (Lipinski definition) is 2. The van der Waals surface area contributed by atoms with Gasteiger partial charge in [-0.2, -0.15) is 0 Å². The number of benzene rings is 2. The topological polar surface area (TPSA) is 35.2 Å². The van der Waals surface area contributed by atoms with Gasteiger partial charge in [0.25, 0.3) is 0 Å². The second-order valence-corrected chi connectivity index (χ2v) is 5.70. The van der Waals surface area contributed by atoms with E-state index in [9.17, 15) is 0 Å². The van der Waals surface area contributed by atoms with Crippen molar-refractivity contribution in [2.24, 2.45) is 5.73 Å². The molecule has 2 aromatic rings. The molecule has 0 fully saturated rings. The smallest absolute Gasteiger partial charge is 0.125 e. The highest BCUT2D eigenvalue weighted by Gasteiger charge is 2.08. The zero-order valence-corrected chi connectivity index (χ0v) is 13.6. The maximum atomic E-state index is 5.98. The highest BCUT2D eigenvalue weighted by molar-refractivity contribution is 7.80. The minimum Gasteiger partial charge on any atom is -0.488 e. The summed E-state index contributed by atoms with van der Waals surface area (Å²) in [5.74, 6) is 0.912. The molecule has 2 nitrogen and oxygen atoms in total. The first-order valence-corrected chi connectivity index (χ1v) is 7.53. The van der Waals surface area contributed by atoms with Crippen LogP contribution < -0.4 is 10.5 Å². The zero-order chi connectivity index (χ0) is 15.4. The van der Waals surface area contributed by atoms with Crippen LogP contribution in [-0.2, 0) is 13.0 Å². The first kappa shape index (κ1) is 15.5. The molecule has 0 unspecified atom stereocenters. The highest BCUT2D eigenvalue weighted by atomic mass is 32.1. The Hall–Kier alpha value is -1.87. The SMILES string of the molecule is CCc1ccc(COc2c(C)cc(C(N)=S)cc2C)cc1. The van der Waals surface area contributed by atoms with E-state index in [1.807, 2.05) is 26.0 Å². The van der Waals surface area contributed by atoms with Gasteiger partial charge in [-0.15, -0.1) is 0 Å². The monoisotopic (exact) mass is 299 g/mol. The number of hydrogen-bond donors (Lipinski definition) is 1. The summed E-state index contributed by atoms with van der Waals surface area (Å²) in [6.07, 6.45) is 1.06. The van der Waals surface area contributed by atoms with Crippen LogP contribution in [0.2, 0.25) is 0 Å². The van der Waals surface area contributed by atoms with Crippen LogP contribution in [0.4, 0.5) is 0 Å². The lowest BCUT2D eigenvalue weighted by atomic mass is 10.1. The zero-order valence-electron chi connectivity index (χ0n) is 12.8. The van der Waals surface area contributed by atoms with Gasteiger partial charge in [0.05, 0.1) is 0 Å². The van der Waals surface area contributed by atoms with E-state index in [0.717, 1.165) is 28.9 Å². The summed E-state index contributed by atoms with van der Waals surface area (Å²) in [4.78, 5) is 0.419. The molecule has 0 aliphatic rings. The average Bonchev–Trinajstić information content (AvgIpc) is 2.46. The number of thiocarbonyl (C=S) groups is 1. The summed E-state index contributed by atoms with van der Waals surface area (Å²) in [5, 5.41) is 0. The molecule has 0 aliphatic carbocycles. The van der Waals surface area contributed by atoms with Crippen molar-refractivity contribution in [1.29, 1.82) is 0 Å². The van der Waals surface area contributed by atoms with Crippen LogP contribution in [0.25, 0.3) is 0 Å². The van der Waals surface area contributed by atoms with E-state index in [1.54, 1.807) is 0 Å². The molecule has 2 N–H and O–H groups in total. The molecule has 3 heteroatoms. The summed E-state index contributed by atoms with van der Waals surface area (Å²) >= 11 is 5.03. The van der Waals surface area contributed by atoms with E-state index in [2.05, 4.69) is 31.2 Å². The molecule has 0 aromatic heterocycles. The molecular weight excluding hydrogens is 278 g/mol.